The average molecular weight is 955 g/mol. The molecule has 1 atom stereocenters. The molecule has 2 fully saturated rings. The normalized spacial score (nSPS) is 16.5. The number of benzene rings is 3. The summed E-state index contributed by atoms with van der Waals surface area (Å²) in [5.74, 6) is -1.28. The predicted molar refractivity (Wildman–Crippen MR) is 254 cm³/mol. The van der Waals surface area contributed by atoms with Crippen LogP contribution >= 0.6 is 0 Å². The number of piperidine rings is 1. The molecule has 5 amide bonds. The average Bonchev–Trinajstić information content (AvgIpc) is 3.56. The number of amides is 5. The Bertz CT molecular complexity index is 2600. The predicted octanol–water partition coefficient (Wildman–Crippen LogP) is 3.95. The van der Waals surface area contributed by atoms with Crippen LogP contribution in [0.3, 0.4) is 0 Å². The third kappa shape index (κ3) is 12.7. The van der Waals surface area contributed by atoms with Crippen molar-refractivity contribution >= 4 is 74.1 Å². The van der Waals surface area contributed by atoms with Gasteiger partial charge in [0.1, 0.15) is 11.9 Å². The molecule has 0 bridgehead atoms. The number of rotatable bonds is 21. The van der Waals surface area contributed by atoms with Gasteiger partial charge in [-0.2, -0.15) is 4.98 Å². The third-order valence-corrected chi connectivity index (χ3v) is 12.9. The second-order valence-corrected chi connectivity index (χ2v) is 19.1. The van der Waals surface area contributed by atoms with Crippen LogP contribution in [0.1, 0.15) is 66.3 Å². The van der Waals surface area contributed by atoms with Crippen LogP contribution in [-0.4, -0.2) is 142 Å². The number of nitrogens with zero attached hydrogens (tertiary/aromatic N) is 5. The molecule has 20 nitrogen and oxygen atoms in total. The first kappa shape index (κ1) is 49.4. The van der Waals surface area contributed by atoms with Crippen LogP contribution in [-0.2, 0) is 38.6 Å². The fourth-order valence-electron chi connectivity index (χ4n) is 7.85. The van der Waals surface area contributed by atoms with E-state index in [1.165, 1.54) is 0 Å². The Balaban J connectivity index is 0.741. The van der Waals surface area contributed by atoms with Gasteiger partial charge in [0.05, 0.1) is 62.1 Å². The molecule has 4 heterocycles. The molecule has 21 heteroatoms. The van der Waals surface area contributed by atoms with Gasteiger partial charge in [-0.3, -0.25) is 34.2 Å². The second-order valence-electron chi connectivity index (χ2n) is 17.5. The van der Waals surface area contributed by atoms with Gasteiger partial charge in [0, 0.05) is 79.2 Å². The molecule has 1 aromatic heterocycles. The number of carbonyl (C=O) groups is 5. The number of sulfonamides is 1. The molecule has 3 aromatic carbocycles. The van der Waals surface area contributed by atoms with E-state index in [0.29, 0.717) is 88.9 Å². The summed E-state index contributed by atoms with van der Waals surface area (Å²) in [4.78, 5) is 77.4. The van der Waals surface area contributed by atoms with E-state index in [1.807, 2.05) is 36.1 Å². The van der Waals surface area contributed by atoms with Crippen molar-refractivity contribution in [3.63, 3.8) is 0 Å². The number of fused-ring (bicyclic) bond motifs is 1. The lowest BCUT2D eigenvalue weighted by atomic mass is 10.0. The molecule has 0 aliphatic carbocycles. The first-order valence-corrected chi connectivity index (χ1v) is 24.0. The molecule has 0 radical (unpaired) electrons. The number of ether oxygens (including phenoxy) is 3. The number of aromatic nitrogens is 2. The summed E-state index contributed by atoms with van der Waals surface area (Å²) in [6.45, 7) is 12.1. The van der Waals surface area contributed by atoms with E-state index in [2.05, 4.69) is 40.9 Å². The lowest BCUT2D eigenvalue weighted by molar-refractivity contribution is -0.136. The molecular formula is C47H58N10O10S. The Morgan fingerprint density at radius 3 is 2.22 bits per heavy atom. The maximum atomic E-state index is 13.2. The van der Waals surface area contributed by atoms with Crippen LogP contribution in [0.15, 0.2) is 77.8 Å². The number of aryl methyl sites for hydroxylation is 1. The van der Waals surface area contributed by atoms with Gasteiger partial charge in [-0.15, -0.1) is 0 Å². The summed E-state index contributed by atoms with van der Waals surface area (Å²) < 4.78 is 45.3. The van der Waals surface area contributed by atoms with Crippen molar-refractivity contribution in [3.05, 3.63) is 89.6 Å². The number of carbonyl (C=O) groups excluding carboxylic acids is 5. The Morgan fingerprint density at radius 1 is 0.824 bits per heavy atom. The summed E-state index contributed by atoms with van der Waals surface area (Å²) in [6, 6.07) is 18.3. The fraction of sp³-hybridized carbons (Fsp3) is 0.426. The highest BCUT2D eigenvalue weighted by Crippen LogP contribution is 2.32. The minimum atomic E-state index is -3.72. The summed E-state index contributed by atoms with van der Waals surface area (Å²) in [5, 5.41) is 11.8. The van der Waals surface area contributed by atoms with Gasteiger partial charge in [0.15, 0.2) is 0 Å². The van der Waals surface area contributed by atoms with Crippen molar-refractivity contribution in [2.75, 3.05) is 93.2 Å². The van der Waals surface area contributed by atoms with E-state index in [4.69, 9.17) is 14.2 Å². The van der Waals surface area contributed by atoms with E-state index in [1.54, 1.807) is 69.4 Å². The van der Waals surface area contributed by atoms with Gasteiger partial charge in [0.25, 0.3) is 11.8 Å². The second kappa shape index (κ2) is 22.1. The summed E-state index contributed by atoms with van der Waals surface area (Å²) in [6.07, 6.45) is 2.11. The van der Waals surface area contributed by atoms with Crippen molar-refractivity contribution in [2.24, 2.45) is 0 Å². The number of anilines is 6. The monoisotopic (exact) mass is 954 g/mol. The maximum Gasteiger partial charge on any atom is 0.264 e. The van der Waals surface area contributed by atoms with Crippen molar-refractivity contribution in [1.29, 1.82) is 0 Å². The minimum Gasteiger partial charge on any atom is -0.382 e. The first-order chi connectivity index (χ1) is 32.6. The topological polar surface area (TPSA) is 243 Å². The Labute approximate surface area is 395 Å². The maximum absolute atomic E-state index is 13.2. The van der Waals surface area contributed by atoms with Gasteiger partial charge in [0.2, 0.25) is 33.7 Å². The van der Waals surface area contributed by atoms with Crippen LogP contribution in [0.4, 0.5) is 34.5 Å². The van der Waals surface area contributed by atoms with Crippen LogP contribution in [0.2, 0.25) is 0 Å². The third-order valence-electron chi connectivity index (χ3n) is 11.2. The summed E-state index contributed by atoms with van der Waals surface area (Å²) in [7, 11) is -3.72. The molecule has 5 N–H and O–H groups in total. The highest BCUT2D eigenvalue weighted by atomic mass is 32.2. The van der Waals surface area contributed by atoms with E-state index in [-0.39, 0.29) is 47.8 Å². The van der Waals surface area contributed by atoms with E-state index >= 15 is 0 Å². The van der Waals surface area contributed by atoms with Crippen molar-refractivity contribution in [3.8, 4) is 0 Å². The summed E-state index contributed by atoms with van der Waals surface area (Å²) in [5.41, 5.74) is 3.41. The Kier molecular flexibility index (Phi) is 16.0. The van der Waals surface area contributed by atoms with Gasteiger partial charge >= 0.3 is 0 Å². The minimum absolute atomic E-state index is 0.0393. The molecule has 2 saturated heterocycles. The first-order valence-electron chi connectivity index (χ1n) is 22.5. The van der Waals surface area contributed by atoms with Gasteiger partial charge < -0.3 is 40.0 Å². The van der Waals surface area contributed by atoms with Crippen LogP contribution < -0.4 is 30.9 Å². The lowest BCUT2D eigenvalue weighted by Gasteiger charge is -2.36. The zero-order chi connectivity index (χ0) is 48.4. The Morgan fingerprint density at radius 2 is 1.51 bits per heavy atom. The van der Waals surface area contributed by atoms with Crippen molar-refractivity contribution < 1.29 is 46.6 Å². The number of piperazine rings is 1. The van der Waals surface area contributed by atoms with Crippen molar-refractivity contribution in [1.82, 2.24) is 29.8 Å². The molecule has 0 saturated carbocycles. The van der Waals surface area contributed by atoms with Gasteiger partial charge in [-0.05, 0) is 88.7 Å². The van der Waals surface area contributed by atoms with E-state index in [0.717, 1.165) is 21.8 Å². The number of nitrogens with one attached hydrogen (secondary N) is 5. The molecule has 0 spiro atoms. The van der Waals surface area contributed by atoms with Crippen LogP contribution in [0.25, 0.3) is 0 Å². The van der Waals surface area contributed by atoms with E-state index in [9.17, 15) is 32.4 Å². The van der Waals surface area contributed by atoms with Gasteiger partial charge in [-0.1, -0.05) is 12.1 Å². The van der Waals surface area contributed by atoms with Crippen molar-refractivity contribution in [2.45, 2.75) is 63.4 Å². The summed E-state index contributed by atoms with van der Waals surface area (Å²) >= 11 is 0. The lowest BCUT2D eigenvalue weighted by Crippen LogP contribution is -2.54. The highest BCUT2D eigenvalue weighted by Gasteiger charge is 2.45. The number of hydrogen-bond acceptors (Lipinski definition) is 16. The van der Waals surface area contributed by atoms with Crippen LogP contribution in [0, 0.1) is 6.92 Å². The molecule has 3 aliphatic heterocycles. The fourth-order valence-corrected chi connectivity index (χ4v) is 9.31. The largest absolute Gasteiger partial charge is 0.382 e. The highest BCUT2D eigenvalue weighted by molar-refractivity contribution is 7.89. The smallest absolute Gasteiger partial charge is 0.264 e. The van der Waals surface area contributed by atoms with Gasteiger partial charge in [-0.25, -0.2) is 18.1 Å². The van der Waals surface area contributed by atoms with E-state index < -0.39 is 45.2 Å². The Hall–Kier alpha value is -6.52. The molecular weight excluding hydrogens is 897 g/mol. The standard InChI is InChI=1S/C47H58N10O10S/c1-31-30-49-46(53-42(31)50-33-7-5-8-35(29-33)68(63,64)54-47(2,3)4)51-32-11-13-34(14-12-32)55-19-21-56(22-20-55)40(59)17-23-65-25-27-67-28-26-66-24-18-48-37-10-6-9-36-41(37)45(62)57(44(36)61)38-15-16-39(58)52-43(38)60/h5-14,29-30,38,48,54H,15-28H2,1-4H3,(H,52,58,60)(H2,49,50,51,53). The molecule has 68 heavy (non-hydrogen) atoms. The van der Waals surface area contributed by atoms with Crippen LogP contribution in [0.5, 0.6) is 0 Å². The quantitative estimate of drug-likeness (QED) is 0.0587. The zero-order valence-electron chi connectivity index (χ0n) is 38.6. The molecule has 3 aliphatic rings. The molecule has 362 valence electrons. The number of imide groups is 2. The molecule has 1 unspecified atom stereocenters. The molecule has 7 rings (SSSR count). The number of hydrogen-bond donors (Lipinski definition) is 5. The SMILES string of the molecule is Cc1cnc(Nc2ccc(N3CCN(C(=O)CCOCCOCCOCCNc4cccc5c4C(=O)N(C4CCC(=O)NC4=O)C5=O)CC3)cc2)nc1Nc1cccc(S(=O)(=O)NC(C)(C)C)c1. The zero-order valence-corrected chi connectivity index (χ0v) is 39.4. The molecule has 4 aromatic rings.